The van der Waals surface area contributed by atoms with Crippen molar-refractivity contribution in [3.63, 3.8) is 0 Å². The fourth-order valence-electron chi connectivity index (χ4n) is 9.97. The van der Waals surface area contributed by atoms with Crippen LogP contribution in [-0.2, 0) is 14.8 Å². The first-order valence-electron chi connectivity index (χ1n) is 22.0. The number of pyridine rings is 2. The third kappa shape index (κ3) is 9.10. The van der Waals surface area contributed by atoms with Gasteiger partial charge in [0.15, 0.2) is 0 Å². The van der Waals surface area contributed by atoms with Gasteiger partial charge in [0.1, 0.15) is 22.0 Å². The minimum absolute atomic E-state index is 0.0337. The highest BCUT2D eigenvalue weighted by atomic mass is 32.2. The highest BCUT2D eigenvalue weighted by molar-refractivity contribution is 7.90. The van der Waals surface area contributed by atoms with Crippen LogP contribution in [-0.4, -0.2) is 97.6 Å². The lowest BCUT2D eigenvalue weighted by atomic mass is 9.59. The first kappa shape index (κ1) is 42.7. The van der Waals surface area contributed by atoms with Crippen LogP contribution in [0.15, 0.2) is 84.1 Å². The van der Waals surface area contributed by atoms with Gasteiger partial charge in [0.25, 0.3) is 15.9 Å². The maximum Gasteiger partial charge on any atom is 0.312 e. The number of nitrogens with zero attached hydrogens (tertiary/aromatic N) is 5. The summed E-state index contributed by atoms with van der Waals surface area (Å²) in [5, 5.41) is 19.5. The van der Waals surface area contributed by atoms with E-state index < -0.39 is 31.4 Å². The topological polar surface area (TPSA) is 197 Å². The Balaban J connectivity index is 0.905. The van der Waals surface area contributed by atoms with Crippen LogP contribution in [0.25, 0.3) is 11.0 Å². The van der Waals surface area contributed by atoms with Crippen molar-refractivity contribution >= 4 is 44.2 Å². The Bertz CT molecular complexity index is 2580. The molecule has 1 saturated carbocycles. The van der Waals surface area contributed by atoms with Crippen molar-refractivity contribution in [1.82, 2.24) is 29.9 Å². The van der Waals surface area contributed by atoms with Gasteiger partial charge >= 0.3 is 5.69 Å². The van der Waals surface area contributed by atoms with Crippen molar-refractivity contribution in [2.24, 2.45) is 11.3 Å². The van der Waals surface area contributed by atoms with Crippen molar-refractivity contribution in [3.8, 4) is 11.5 Å². The van der Waals surface area contributed by atoms with Gasteiger partial charge in [0, 0.05) is 94.0 Å². The molecule has 1 amide bonds. The number of aromatic nitrogens is 3. The molecule has 4 aliphatic rings. The smallest absolute Gasteiger partial charge is 0.312 e. The van der Waals surface area contributed by atoms with Gasteiger partial charge in [-0.1, -0.05) is 38.1 Å². The van der Waals surface area contributed by atoms with E-state index in [4.69, 9.17) is 9.47 Å². The number of nitro groups is 1. The largest absolute Gasteiger partial charge is 0.455 e. The van der Waals surface area contributed by atoms with E-state index in [0.717, 1.165) is 81.7 Å². The maximum absolute atomic E-state index is 13.9. The highest BCUT2D eigenvalue weighted by Crippen LogP contribution is 2.53. The van der Waals surface area contributed by atoms with Crippen molar-refractivity contribution in [2.75, 3.05) is 62.7 Å². The van der Waals surface area contributed by atoms with Gasteiger partial charge < -0.3 is 30.0 Å². The minimum atomic E-state index is -4.61. The highest BCUT2D eigenvalue weighted by Gasteiger charge is 2.49. The third-order valence-electron chi connectivity index (χ3n) is 13.5. The van der Waals surface area contributed by atoms with Crippen LogP contribution in [0.3, 0.4) is 0 Å². The molecule has 332 valence electrons. The fourth-order valence-corrected chi connectivity index (χ4v) is 10.9. The van der Waals surface area contributed by atoms with Crippen molar-refractivity contribution < 1.29 is 27.6 Å². The number of fused-ring (bicyclic) bond motifs is 1. The molecule has 1 atom stereocenters. The minimum Gasteiger partial charge on any atom is -0.455 e. The standard InChI is InChI=1S/C46H55N9O7S/c1-30(2)37-5-3-4-6-38(37)41-29-47-15-18-54(41)34-24-46(25-34)12-16-53(17-13-46)33-7-8-39(42(22-33)62-35-21-32-9-14-48-43(32)50-27-35)45(56)52-63(59,60)36-23-40(55(57)58)44(51-28-36)49-26-31-10-19-61-20-11-31/h3-9,14,21-23,27-28,30-31,34,41,47H,10-13,15-20,24-26,29H2,1-2H3,(H,48,50)(H,49,51)(H,52,56). The maximum atomic E-state index is 13.9. The van der Waals surface area contributed by atoms with E-state index in [1.165, 1.54) is 30.2 Å². The zero-order valence-electron chi connectivity index (χ0n) is 35.7. The number of anilines is 2. The number of sulfonamides is 1. The lowest BCUT2D eigenvalue weighted by Crippen LogP contribution is -2.59. The number of nitrogens with one attached hydrogen (secondary N) is 4. The number of rotatable bonds is 13. The zero-order chi connectivity index (χ0) is 43.7. The molecule has 4 fully saturated rings. The number of aromatic amines is 1. The van der Waals surface area contributed by atoms with E-state index in [1.54, 1.807) is 24.4 Å². The first-order chi connectivity index (χ1) is 30.4. The predicted molar refractivity (Wildman–Crippen MR) is 240 cm³/mol. The van der Waals surface area contributed by atoms with Crippen molar-refractivity contribution in [3.05, 3.63) is 106 Å². The number of piperazine rings is 1. The summed E-state index contributed by atoms with van der Waals surface area (Å²) in [5.41, 5.74) is 4.12. The average molecular weight is 878 g/mol. The molecule has 3 aliphatic heterocycles. The number of H-pyrrole nitrogens is 1. The molecule has 6 heterocycles. The van der Waals surface area contributed by atoms with Crippen LogP contribution < -0.4 is 25.0 Å². The quantitative estimate of drug-likeness (QED) is 0.0689. The average Bonchev–Trinajstić information content (AvgIpc) is 3.76. The van der Waals surface area contributed by atoms with Gasteiger partial charge in [0.05, 0.1) is 22.9 Å². The van der Waals surface area contributed by atoms with Gasteiger partial charge in [-0.2, -0.15) is 0 Å². The Morgan fingerprint density at radius 3 is 2.60 bits per heavy atom. The molecule has 0 radical (unpaired) electrons. The summed E-state index contributed by atoms with van der Waals surface area (Å²) < 4.78 is 41.2. The molecule has 17 heteroatoms. The molecule has 9 rings (SSSR count). The lowest BCUT2D eigenvalue weighted by molar-refractivity contribution is -0.384. The normalized spacial score (nSPS) is 19.9. The Hall–Kier alpha value is -5.62. The second kappa shape index (κ2) is 17.9. The van der Waals surface area contributed by atoms with E-state index in [9.17, 15) is 23.3 Å². The first-order valence-corrected chi connectivity index (χ1v) is 23.5. The molecule has 3 saturated heterocycles. The van der Waals surface area contributed by atoms with E-state index in [0.29, 0.717) is 49.2 Å². The predicted octanol–water partition coefficient (Wildman–Crippen LogP) is 7.13. The number of amides is 1. The summed E-state index contributed by atoms with van der Waals surface area (Å²) in [4.78, 5) is 41.4. The number of hydrogen-bond donors (Lipinski definition) is 4. The molecule has 1 unspecified atom stereocenters. The Morgan fingerprint density at radius 2 is 1.83 bits per heavy atom. The molecular weight excluding hydrogens is 823 g/mol. The molecule has 1 spiro atoms. The van der Waals surface area contributed by atoms with E-state index in [1.807, 2.05) is 12.1 Å². The van der Waals surface area contributed by atoms with Crippen molar-refractivity contribution in [2.45, 2.75) is 75.3 Å². The molecule has 0 bridgehead atoms. The lowest BCUT2D eigenvalue weighted by Gasteiger charge is -2.57. The van der Waals surface area contributed by atoms with Gasteiger partial charge in [-0.15, -0.1) is 0 Å². The van der Waals surface area contributed by atoms with Gasteiger partial charge in [0.2, 0.25) is 5.82 Å². The van der Waals surface area contributed by atoms with Crippen LogP contribution in [0.4, 0.5) is 17.2 Å². The number of carbonyl (C=O) groups is 1. The third-order valence-corrected chi connectivity index (χ3v) is 14.8. The summed E-state index contributed by atoms with van der Waals surface area (Å²) in [6.45, 7) is 10.9. The molecular formula is C46H55N9O7S. The van der Waals surface area contributed by atoms with Crippen LogP contribution in [0.5, 0.6) is 11.5 Å². The Labute approximate surface area is 367 Å². The summed E-state index contributed by atoms with van der Waals surface area (Å²) >= 11 is 0. The molecule has 5 aromatic rings. The van der Waals surface area contributed by atoms with Crippen LogP contribution in [0, 0.1) is 21.4 Å². The number of carbonyl (C=O) groups excluding carboxylic acids is 1. The summed E-state index contributed by atoms with van der Waals surface area (Å²) in [5.74, 6) is 0.198. The van der Waals surface area contributed by atoms with Crippen LogP contribution in [0.1, 0.15) is 85.8 Å². The van der Waals surface area contributed by atoms with E-state index in [2.05, 4.69) is 78.2 Å². The van der Waals surface area contributed by atoms with Crippen molar-refractivity contribution in [1.29, 1.82) is 0 Å². The molecule has 63 heavy (non-hydrogen) atoms. The van der Waals surface area contributed by atoms with E-state index in [-0.39, 0.29) is 28.5 Å². The molecule has 3 aromatic heterocycles. The van der Waals surface area contributed by atoms with Gasteiger partial charge in [-0.3, -0.25) is 19.8 Å². The fraction of sp³-hybridized carbons (Fsp3) is 0.457. The zero-order valence-corrected chi connectivity index (χ0v) is 36.5. The summed E-state index contributed by atoms with van der Waals surface area (Å²) in [6, 6.07) is 19.5. The molecule has 4 N–H and O–H groups in total. The number of hydrogen-bond acceptors (Lipinski definition) is 13. The molecule has 2 aromatic carbocycles. The SMILES string of the molecule is CC(C)c1ccccc1C1CNCCN1C1CC2(CCN(c3ccc(C(=O)NS(=O)(=O)c4cnc(NCC5CCOCC5)c([N+](=O)[O-])c4)c(Oc4cnc5[nH]ccc5c4)c3)CC2)C1. The number of benzene rings is 2. The van der Waals surface area contributed by atoms with Crippen LogP contribution >= 0.6 is 0 Å². The molecule has 16 nitrogen and oxygen atoms in total. The Kier molecular flexibility index (Phi) is 12.1. The summed E-state index contributed by atoms with van der Waals surface area (Å²) in [7, 11) is -4.61. The second-order valence-corrected chi connectivity index (χ2v) is 19.5. The van der Waals surface area contributed by atoms with E-state index >= 15 is 0 Å². The second-order valence-electron chi connectivity index (χ2n) is 17.8. The number of piperidine rings is 1. The monoisotopic (exact) mass is 877 g/mol. The number of ether oxygens (including phenoxy) is 2. The van der Waals surface area contributed by atoms with Gasteiger partial charge in [-0.25, -0.2) is 23.1 Å². The Morgan fingerprint density at radius 1 is 1.03 bits per heavy atom. The molecule has 1 aliphatic carbocycles. The summed E-state index contributed by atoms with van der Waals surface area (Å²) in [6.07, 6.45) is 10.3. The van der Waals surface area contributed by atoms with Crippen LogP contribution in [0.2, 0.25) is 0 Å². The van der Waals surface area contributed by atoms with Gasteiger partial charge in [-0.05, 0) is 91.2 Å².